The molecule has 1 aromatic rings. The van der Waals surface area contributed by atoms with Crippen LogP contribution >= 0.6 is 11.6 Å². The predicted molar refractivity (Wildman–Crippen MR) is 95.4 cm³/mol. The van der Waals surface area contributed by atoms with E-state index in [0.29, 0.717) is 17.9 Å². The van der Waals surface area contributed by atoms with Crippen molar-refractivity contribution in [1.82, 2.24) is 0 Å². The molecule has 0 aromatic heterocycles. The summed E-state index contributed by atoms with van der Waals surface area (Å²) in [5.41, 5.74) is -1.65. The Labute approximate surface area is 156 Å². The van der Waals surface area contributed by atoms with Crippen molar-refractivity contribution in [2.45, 2.75) is 63.1 Å². The van der Waals surface area contributed by atoms with Crippen molar-refractivity contribution in [3.05, 3.63) is 28.8 Å². The van der Waals surface area contributed by atoms with E-state index in [1.165, 1.54) is 6.07 Å². The van der Waals surface area contributed by atoms with E-state index in [9.17, 15) is 24.9 Å². The van der Waals surface area contributed by atoms with Gasteiger partial charge < -0.3 is 25.5 Å². The van der Waals surface area contributed by atoms with E-state index in [4.69, 9.17) is 21.8 Å². The molecule has 1 aromatic carbocycles. The van der Waals surface area contributed by atoms with Crippen molar-refractivity contribution in [3.8, 4) is 5.75 Å². The van der Waals surface area contributed by atoms with Crippen LogP contribution in [0.1, 0.15) is 50.5 Å². The second-order valence-corrected chi connectivity index (χ2v) is 6.93. The Morgan fingerprint density at radius 2 is 1.77 bits per heavy atom. The SMILES string of the molecule is O=C(O)C[C@@](O)(C[C@H](O)CCCCCCc1ccc(Cl)cc1O)C(=O)O. The number of aliphatic hydroxyl groups is 2. The highest BCUT2D eigenvalue weighted by atomic mass is 35.5. The highest BCUT2D eigenvalue weighted by molar-refractivity contribution is 6.30. The third-order valence-corrected chi connectivity index (χ3v) is 4.43. The van der Waals surface area contributed by atoms with E-state index >= 15 is 0 Å². The monoisotopic (exact) mass is 388 g/mol. The fourth-order valence-electron chi connectivity index (χ4n) is 2.77. The third-order valence-electron chi connectivity index (χ3n) is 4.20. The van der Waals surface area contributed by atoms with E-state index in [-0.39, 0.29) is 12.2 Å². The predicted octanol–water partition coefficient (Wildman–Crippen LogP) is 2.58. The van der Waals surface area contributed by atoms with Crippen LogP contribution in [-0.4, -0.2) is 49.2 Å². The Hall–Kier alpha value is -1.83. The number of aryl methyl sites for hydroxylation is 1. The summed E-state index contributed by atoms with van der Waals surface area (Å²) in [5, 5.41) is 47.6. The molecular weight excluding hydrogens is 364 g/mol. The summed E-state index contributed by atoms with van der Waals surface area (Å²) in [4.78, 5) is 21.7. The lowest BCUT2D eigenvalue weighted by Crippen LogP contribution is -2.43. The maximum absolute atomic E-state index is 11.0. The molecule has 0 bridgehead atoms. The van der Waals surface area contributed by atoms with Gasteiger partial charge >= 0.3 is 11.9 Å². The molecule has 26 heavy (non-hydrogen) atoms. The average molecular weight is 389 g/mol. The van der Waals surface area contributed by atoms with Gasteiger partial charge in [-0.15, -0.1) is 0 Å². The number of hydrogen-bond donors (Lipinski definition) is 5. The molecule has 0 fully saturated rings. The molecule has 1 rings (SSSR count). The zero-order chi connectivity index (χ0) is 19.7. The van der Waals surface area contributed by atoms with Crippen molar-refractivity contribution in [2.75, 3.05) is 0 Å². The number of unbranched alkanes of at least 4 members (excludes halogenated alkanes) is 3. The van der Waals surface area contributed by atoms with Crippen molar-refractivity contribution >= 4 is 23.5 Å². The lowest BCUT2D eigenvalue weighted by Gasteiger charge is -2.24. The minimum atomic E-state index is -2.46. The summed E-state index contributed by atoms with van der Waals surface area (Å²) in [7, 11) is 0. The Morgan fingerprint density at radius 1 is 1.12 bits per heavy atom. The fraction of sp³-hybridized carbons (Fsp3) is 0.556. The minimum absolute atomic E-state index is 0.166. The zero-order valence-corrected chi connectivity index (χ0v) is 15.2. The van der Waals surface area contributed by atoms with Gasteiger partial charge in [0.1, 0.15) is 5.75 Å². The molecular formula is C18H25ClO7. The molecule has 0 radical (unpaired) electrons. The first-order valence-corrected chi connectivity index (χ1v) is 8.85. The number of carboxylic acid groups (broad SMARTS) is 2. The fourth-order valence-corrected chi connectivity index (χ4v) is 2.94. The highest BCUT2D eigenvalue weighted by Gasteiger charge is 2.40. The first kappa shape index (κ1) is 22.2. The standard InChI is InChI=1S/C18H25ClO7/c19-13-8-7-12(15(21)9-13)5-3-1-2-4-6-14(20)10-18(26,17(24)25)11-16(22)23/h7-9,14,20-21,26H,1-6,10-11H2,(H,22,23)(H,24,25)/t14-,18+/m1/s1. The van der Waals surface area contributed by atoms with Crippen LogP contribution in [0.5, 0.6) is 5.75 Å². The number of halogens is 1. The van der Waals surface area contributed by atoms with Gasteiger partial charge in [-0.05, 0) is 37.0 Å². The van der Waals surface area contributed by atoms with E-state index in [1.807, 2.05) is 0 Å². The molecule has 0 spiro atoms. The first-order chi connectivity index (χ1) is 12.1. The number of aliphatic hydroxyl groups excluding tert-OH is 1. The van der Waals surface area contributed by atoms with Crippen LogP contribution in [0.25, 0.3) is 0 Å². The molecule has 0 aliphatic heterocycles. The Bertz CT molecular complexity index is 620. The lowest BCUT2D eigenvalue weighted by atomic mass is 9.90. The van der Waals surface area contributed by atoms with Crippen LogP contribution in [0.15, 0.2) is 18.2 Å². The van der Waals surface area contributed by atoms with Gasteiger partial charge in [0.05, 0.1) is 12.5 Å². The lowest BCUT2D eigenvalue weighted by molar-refractivity contribution is -0.168. The Kier molecular flexibility index (Phi) is 8.84. The molecule has 0 aliphatic rings. The summed E-state index contributed by atoms with van der Waals surface area (Å²) in [5.74, 6) is -2.92. The number of phenolic OH excluding ortho intramolecular Hbond substituents is 1. The first-order valence-electron chi connectivity index (χ1n) is 8.47. The second-order valence-electron chi connectivity index (χ2n) is 6.49. The number of aliphatic carboxylic acids is 2. The largest absolute Gasteiger partial charge is 0.508 e. The van der Waals surface area contributed by atoms with Crippen molar-refractivity contribution in [3.63, 3.8) is 0 Å². The number of aromatic hydroxyl groups is 1. The van der Waals surface area contributed by atoms with Gasteiger partial charge in [0.25, 0.3) is 0 Å². The summed E-state index contributed by atoms with van der Waals surface area (Å²) in [6, 6.07) is 4.98. The summed E-state index contributed by atoms with van der Waals surface area (Å²) in [6.45, 7) is 0. The number of rotatable bonds is 12. The van der Waals surface area contributed by atoms with Gasteiger partial charge in [0.15, 0.2) is 5.60 Å². The number of carboxylic acids is 2. The maximum Gasteiger partial charge on any atom is 0.336 e. The third kappa shape index (κ3) is 7.59. The van der Waals surface area contributed by atoms with E-state index in [0.717, 1.165) is 24.8 Å². The van der Waals surface area contributed by atoms with E-state index < -0.39 is 36.5 Å². The Balaban J connectivity index is 2.28. The summed E-state index contributed by atoms with van der Waals surface area (Å²) >= 11 is 5.77. The molecule has 7 nitrogen and oxygen atoms in total. The van der Waals surface area contributed by atoms with E-state index in [2.05, 4.69) is 0 Å². The van der Waals surface area contributed by atoms with Crippen LogP contribution in [-0.2, 0) is 16.0 Å². The van der Waals surface area contributed by atoms with E-state index in [1.54, 1.807) is 12.1 Å². The molecule has 8 heteroatoms. The second kappa shape index (κ2) is 10.4. The smallest absolute Gasteiger partial charge is 0.336 e. The Morgan fingerprint density at radius 3 is 2.35 bits per heavy atom. The molecule has 0 unspecified atom stereocenters. The van der Waals surface area contributed by atoms with Crippen LogP contribution in [0.4, 0.5) is 0 Å². The maximum atomic E-state index is 11.0. The summed E-state index contributed by atoms with van der Waals surface area (Å²) < 4.78 is 0. The molecule has 0 saturated carbocycles. The number of carbonyl (C=O) groups is 2. The van der Waals surface area contributed by atoms with Crippen molar-refractivity contribution in [2.24, 2.45) is 0 Å². The minimum Gasteiger partial charge on any atom is -0.508 e. The van der Waals surface area contributed by atoms with Gasteiger partial charge in [0, 0.05) is 11.4 Å². The van der Waals surface area contributed by atoms with Gasteiger partial charge in [-0.3, -0.25) is 4.79 Å². The molecule has 0 saturated heterocycles. The number of benzene rings is 1. The molecule has 2 atom stereocenters. The topological polar surface area (TPSA) is 135 Å². The average Bonchev–Trinajstić information content (AvgIpc) is 2.51. The van der Waals surface area contributed by atoms with Gasteiger partial charge in [-0.1, -0.05) is 36.9 Å². The van der Waals surface area contributed by atoms with Gasteiger partial charge in [-0.2, -0.15) is 0 Å². The highest BCUT2D eigenvalue weighted by Crippen LogP contribution is 2.24. The molecule has 5 N–H and O–H groups in total. The summed E-state index contributed by atoms with van der Waals surface area (Å²) in [6.07, 6.45) is 1.51. The molecule has 146 valence electrons. The van der Waals surface area contributed by atoms with Gasteiger partial charge in [0.2, 0.25) is 0 Å². The molecule has 0 amide bonds. The van der Waals surface area contributed by atoms with Crippen LogP contribution in [0.2, 0.25) is 5.02 Å². The van der Waals surface area contributed by atoms with Crippen LogP contribution < -0.4 is 0 Å². The quantitative estimate of drug-likeness (QED) is 0.347. The van der Waals surface area contributed by atoms with Crippen molar-refractivity contribution in [1.29, 1.82) is 0 Å². The molecule has 0 aliphatic carbocycles. The number of phenols is 1. The molecule has 0 heterocycles. The van der Waals surface area contributed by atoms with Crippen LogP contribution in [0.3, 0.4) is 0 Å². The normalized spacial score (nSPS) is 14.6. The van der Waals surface area contributed by atoms with Gasteiger partial charge in [-0.25, -0.2) is 4.79 Å². The zero-order valence-electron chi connectivity index (χ0n) is 14.4. The number of hydrogen-bond acceptors (Lipinski definition) is 5. The van der Waals surface area contributed by atoms with Crippen LogP contribution in [0, 0.1) is 0 Å². The van der Waals surface area contributed by atoms with Crippen molar-refractivity contribution < 1.29 is 35.1 Å².